The number of anilines is 1. The minimum Gasteiger partial charge on any atom is -0.403 e. The molecule has 36 heavy (non-hydrogen) atoms. The second-order valence-corrected chi connectivity index (χ2v) is 8.88. The van der Waals surface area contributed by atoms with Crippen molar-refractivity contribution in [2.45, 2.75) is 25.9 Å². The summed E-state index contributed by atoms with van der Waals surface area (Å²) in [6.07, 6.45) is -4.04. The van der Waals surface area contributed by atoms with Crippen LogP contribution in [-0.4, -0.2) is 36.7 Å². The Labute approximate surface area is 211 Å². The van der Waals surface area contributed by atoms with Gasteiger partial charge in [0.1, 0.15) is 0 Å². The molecule has 3 aromatic carbocycles. The van der Waals surface area contributed by atoms with Gasteiger partial charge in [-0.05, 0) is 66.6 Å². The molecule has 2 N–H and O–H groups in total. The van der Waals surface area contributed by atoms with Crippen LogP contribution in [0.15, 0.2) is 60.7 Å². The third-order valence-electron chi connectivity index (χ3n) is 5.74. The number of halogens is 4. The molecule has 0 atom stereocenters. The number of amides is 2. The van der Waals surface area contributed by atoms with Crippen molar-refractivity contribution < 1.29 is 27.5 Å². The van der Waals surface area contributed by atoms with E-state index < -0.39 is 18.0 Å². The number of hydrogen-bond acceptors (Lipinski definition) is 4. The number of carbonyl (C=O) groups excluding carboxylic acids is 2. The number of nitrogens with zero attached hydrogens (tertiary/aromatic N) is 1. The number of carbonyl (C=O) groups is 2. The molecule has 0 radical (unpaired) electrons. The summed E-state index contributed by atoms with van der Waals surface area (Å²) in [5, 5.41) is 5.10. The highest BCUT2D eigenvalue weighted by atomic mass is 35.5. The Morgan fingerprint density at radius 3 is 2.58 bits per heavy atom. The first-order chi connectivity index (χ1) is 17.1. The standard InChI is InChI=1S/C26H23ClF3N3O3/c1-33-11-10-17-8-9-20(13-19(17)15-33)32-24(34)18-5-2-4-16(12-18)14-31-25(35)21-6-3-7-22(27)23(21)36-26(28,29)30/h2-9,12-13H,10-11,14-15H2,1H3,(H,31,35)(H,32,34). The van der Waals surface area contributed by atoms with Crippen LogP contribution in [0.5, 0.6) is 5.75 Å². The van der Waals surface area contributed by atoms with Gasteiger partial charge in [-0.25, -0.2) is 0 Å². The second kappa shape index (κ2) is 10.6. The van der Waals surface area contributed by atoms with Crippen molar-refractivity contribution in [3.05, 3.63) is 93.5 Å². The zero-order chi connectivity index (χ0) is 25.9. The average molecular weight is 518 g/mol. The summed E-state index contributed by atoms with van der Waals surface area (Å²) in [5.41, 5.74) is 3.74. The van der Waals surface area contributed by atoms with Crippen LogP contribution in [0.1, 0.15) is 37.4 Å². The van der Waals surface area contributed by atoms with Gasteiger partial charge in [0.25, 0.3) is 11.8 Å². The van der Waals surface area contributed by atoms with Crippen LogP contribution in [0.3, 0.4) is 0 Å². The van der Waals surface area contributed by atoms with Crippen LogP contribution < -0.4 is 15.4 Å². The van der Waals surface area contributed by atoms with Crippen molar-refractivity contribution in [3.63, 3.8) is 0 Å². The lowest BCUT2D eigenvalue weighted by Gasteiger charge is -2.25. The van der Waals surface area contributed by atoms with Crippen LogP contribution in [-0.2, 0) is 19.5 Å². The Balaban J connectivity index is 1.42. The van der Waals surface area contributed by atoms with E-state index in [0.29, 0.717) is 16.8 Å². The molecule has 2 amide bonds. The highest BCUT2D eigenvalue weighted by Crippen LogP contribution is 2.33. The monoisotopic (exact) mass is 517 g/mol. The molecule has 188 valence electrons. The minimum absolute atomic E-state index is 0.0247. The fourth-order valence-corrected chi connectivity index (χ4v) is 4.20. The topological polar surface area (TPSA) is 70.7 Å². The van der Waals surface area contributed by atoms with E-state index in [9.17, 15) is 22.8 Å². The highest BCUT2D eigenvalue weighted by molar-refractivity contribution is 6.32. The lowest BCUT2D eigenvalue weighted by Crippen LogP contribution is -2.26. The van der Waals surface area contributed by atoms with E-state index in [1.54, 1.807) is 24.3 Å². The van der Waals surface area contributed by atoms with Crippen molar-refractivity contribution >= 4 is 29.1 Å². The van der Waals surface area contributed by atoms with Crippen molar-refractivity contribution in [1.29, 1.82) is 0 Å². The van der Waals surface area contributed by atoms with Gasteiger partial charge in [-0.2, -0.15) is 0 Å². The number of alkyl halides is 3. The number of para-hydroxylation sites is 1. The number of ether oxygens (including phenoxy) is 1. The van der Waals surface area contributed by atoms with E-state index >= 15 is 0 Å². The van der Waals surface area contributed by atoms with Gasteiger partial charge in [-0.1, -0.05) is 35.9 Å². The predicted octanol–water partition coefficient (Wildman–Crippen LogP) is 5.41. The first kappa shape index (κ1) is 25.5. The third kappa shape index (κ3) is 6.35. The summed E-state index contributed by atoms with van der Waals surface area (Å²) in [4.78, 5) is 27.6. The van der Waals surface area contributed by atoms with Crippen LogP contribution in [0, 0.1) is 0 Å². The molecule has 0 saturated carbocycles. The zero-order valence-corrected chi connectivity index (χ0v) is 20.0. The maximum atomic E-state index is 12.8. The Kier molecular flexibility index (Phi) is 7.51. The molecule has 0 aromatic heterocycles. The van der Waals surface area contributed by atoms with Gasteiger partial charge in [0.05, 0.1) is 10.6 Å². The summed E-state index contributed by atoms with van der Waals surface area (Å²) < 4.78 is 42.2. The van der Waals surface area contributed by atoms with E-state index in [1.165, 1.54) is 29.3 Å². The van der Waals surface area contributed by atoms with Crippen molar-refractivity contribution in [3.8, 4) is 5.75 Å². The number of likely N-dealkylation sites (N-methyl/N-ethyl adjacent to an activating group) is 1. The van der Waals surface area contributed by atoms with Crippen molar-refractivity contribution in [1.82, 2.24) is 10.2 Å². The van der Waals surface area contributed by atoms with Gasteiger partial charge >= 0.3 is 6.36 Å². The van der Waals surface area contributed by atoms with Crippen molar-refractivity contribution in [2.75, 3.05) is 18.9 Å². The van der Waals surface area contributed by atoms with Crippen molar-refractivity contribution in [2.24, 2.45) is 0 Å². The van der Waals surface area contributed by atoms with Crippen LogP contribution in [0.25, 0.3) is 0 Å². The molecule has 0 spiro atoms. The van der Waals surface area contributed by atoms with E-state index in [4.69, 9.17) is 11.6 Å². The molecular weight excluding hydrogens is 495 g/mol. The first-order valence-electron chi connectivity index (χ1n) is 11.1. The number of hydrogen-bond donors (Lipinski definition) is 2. The number of rotatable bonds is 6. The molecule has 1 aliphatic rings. The minimum atomic E-state index is -5.00. The number of benzene rings is 3. The van der Waals surface area contributed by atoms with Crippen LogP contribution in [0.2, 0.25) is 5.02 Å². The molecule has 0 fully saturated rings. The third-order valence-corrected chi connectivity index (χ3v) is 6.04. The van der Waals surface area contributed by atoms with Gasteiger partial charge in [-0.3, -0.25) is 9.59 Å². The summed E-state index contributed by atoms with van der Waals surface area (Å²) in [6, 6.07) is 16.2. The summed E-state index contributed by atoms with van der Waals surface area (Å²) in [5.74, 6) is -1.89. The molecule has 0 saturated heterocycles. The Bertz CT molecular complexity index is 1300. The molecule has 6 nitrogen and oxygen atoms in total. The zero-order valence-electron chi connectivity index (χ0n) is 19.3. The Hall–Kier alpha value is -3.56. The predicted molar refractivity (Wildman–Crippen MR) is 130 cm³/mol. The van der Waals surface area contributed by atoms with Gasteiger partial charge in [-0.15, -0.1) is 13.2 Å². The van der Waals surface area contributed by atoms with E-state index in [1.807, 2.05) is 18.2 Å². The first-order valence-corrected chi connectivity index (χ1v) is 11.5. The maximum absolute atomic E-state index is 12.8. The number of nitrogens with one attached hydrogen (secondary N) is 2. The smallest absolute Gasteiger partial charge is 0.403 e. The lowest BCUT2D eigenvalue weighted by atomic mass is 9.99. The fraction of sp³-hybridized carbons (Fsp3) is 0.231. The molecule has 10 heteroatoms. The molecular formula is C26H23ClF3N3O3. The Morgan fingerprint density at radius 1 is 1.03 bits per heavy atom. The van der Waals surface area contributed by atoms with Gasteiger partial charge < -0.3 is 20.3 Å². The summed E-state index contributed by atoms with van der Waals surface area (Å²) >= 11 is 5.81. The molecule has 1 heterocycles. The highest BCUT2D eigenvalue weighted by Gasteiger charge is 2.34. The van der Waals surface area contributed by atoms with Crippen LogP contribution >= 0.6 is 11.6 Å². The molecule has 0 aliphatic carbocycles. The number of fused-ring (bicyclic) bond motifs is 1. The molecule has 4 rings (SSSR count). The second-order valence-electron chi connectivity index (χ2n) is 8.47. The largest absolute Gasteiger partial charge is 0.573 e. The summed E-state index contributed by atoms with van der Waals surface area (Å²) in [7, 11) is 2.05. The van der Waals surface area contributed by atoms with E-state index in [2.05, 4.69) is 27.3 Å². The fourth-order valence-electron chi connectivity index (χ4n) is 3.99. The molecule has 0 bridgehead atoms. The van der Waals surface area contributed by atoms with Gasteiger partial charge in [0.15, 0.2) is 5.75 Å². The maximum Gasteiger partial charge on any atom is 0.573 e. The summed E-state index contributed by atoms with van der Waals surface area (Å²) in [6.45, 7) is 1.79. The normalized spacial score (nSPS) is 13.6. The average Bonchev–Trinajstić information content (AvgIpc) is 2.83. The SMILES string of the molecule is CN1CCc2ccc(NC(=O)c3cccc(CNC(=O)c4cccc(Cl)c4OC(F)(F)F)c3)cc2C1. The molecule has 0 unspecified atom stereocenters. The lowest BCUT2D eigenvalue weighted by molar-refractivity contribution is -0.274. The van der Waals surface area contributed by atoms with E-state index in [-0.39, 0.29) is 23.0 Å². The molecule has 1 aliphatic heterocycles. The van der Waals surface area contributed by atoms with Gasteiger partial charge in [0, 0.05) is 30.9 Å². The van der Waals surface area contributed by atoms with Gasteiger partial charge in [0.2, 0.25) is 0 Å². The Morgan fingerprint density at radius 2 is 1.81 bits per heavy atom. The van der Waals surface area contributed by atoms with Crippen LogP contribution in [0.4, 0.5) is 18.9 Å². The molecule has 3 aromatic rings. The quantitative estimate of drug-likeness (QED) is 0.459. The van der Waals surface area contributed by atoms with E-state index in [0.717, 1.165) is 19.5 Å².